The van der Waals surface area contributed by atoms with Gasteiger partial charge in [-0.1, -0.05) is 60.1 Å². The van der Waals surface area contributed by atoms with E-state index in [0.29, 0.717) is 18.3 Å². The Morgan fingerprint density at radius 3 is 2.17 bits per heavy atom. The Hall–Kier alpha value is -1.23. The highest BCUT2D eigenvalue weighted by molar-refractivity contribution is 5.73. The van der Waals surface area contributed by atoms with Crippen molar-refractivity contribution in [3.8, 4) is 0 Å². The number of fused-ring (bicyclic) bond motifs is 7. The van der Waals surface area contributed by atoms with Crippen molar-refractivity contribution in [2.75, 3.05) is 13.2 Å². The van der Waals surface area contributed by atoms with Crippen LogP contribution in [0.15, 0.2) is 11.6 Å². The maximum absolute atomic E-state index is 12.1. The third-order valence-corrected chi connectivity index (χ3v) is 17.0. The molecule has 19 atom stereocenters. The molecule has 2 aliphatic heterocycles. The maximum atomic E-state index is 12.1. The van der Waals surface area contributed by atoms with Gasteiger partial charge in [0.05, 0.1) is 25.4 Å². The summed E-state index contributed by atoms with van der Waals surface area (Å²) in [6.45, 7) is 15.7. The third kappa shape index (κ3) is 5.92. The highest BCUT2D eigenvalue weighted by Gasteiger charge is 2.69. The topological polar surface area (TPSA) is 216 Å². The lowest BCUT2D eigenvalue weighted by molar-refractivity contribution is -0.367. The summed E-state index contributed by atoms with van der Waals surface area (Å²) >= 11 is 0. The molecule has 0 aromatic carbocycles. The summed E-state index contributed by atoms with van der Waals surface area (Å²) in [6.07, 6.45) is -5.53. The van der Waals surface area contributed by atoms with Gasteiger partial charge in [0, 0.05) is 10.8 Å². The monoisotopic (exact) mass is 766 g/mol. The fraction of sp³-hybridized carbons (Fsp3) is 0.927. The van der Waals surface area contributed by atoms with Crippen LogP contribution < -0.4 is 0 Å². The number of carboxylic acid groups (broad SMARTS) is 1. The Bertz CT molecular complexity index is 1470. The first-order chi connectivity index (χ1) is 25.1. The molecule has 4 saturated carbocycles. The summed E-state index contributed by atoms with van der Waals surface area (Å²) in [5, 5.41) is 85.5. The second kappa shape index (κ2) is 13.7. The number of aliphatic hydroxyl groups is 7. The second-order valence-electron chi connectivity index (χ2n) is 20.4. The maximum Gasteiger partial charge on any atom is 0.335 e. The van der Waals surface area contributed by atoms with Crippen molar-refractivity contribution in [1.82, 2.24) is 0 Å². The largest absolute Gasteiger partial charge is 0.479 e. The van der Waals surface area contributed by atoms with Crippen molar-refractivity contribution in [2.24, 2.45) is 50.2 Å². The number of carboxylic acids is 1. The predicted molar refractivity (Wildman–Crippen MR) is 193 cm³/mol. The molecule has 5 unspecified atom stereocenters. The normalized spacial score (nSPS) is 55.7. The molecule has 7 aliphatic rings. The van der Waals surface area contributed by atoms with Crippen LogP contribution in [0.25, 0.3) is 0 Å². The molecule has 5 aliphatic carbocycles. The first kappa shape index (κ1) is 40.9. The van der Waals surface area contributed by atoms with Crippen molar-refractivity contribution < 1.29 is 64.6 Å². The highest BCUT2D eigenvalue weighted by Crippen LogP contribution is 2.76. The fourth-order valence-corrected chi connectivity index (χ4v) is 13.4. The van der Waals surface area contributed by atoms with Gasteiger partial charge in [0.2, 0.25) is 0 Å². The zero-order valence-electron chi connectivity index (χ0n) is 33.1. The molecule has 13 heteroatoms. The Labute approximate surface area is 319 Å². The summed E-state index contributed by atoms with van der Waals surface area (Å²) in [5.74, 6) is -0.852. The Morgan fingerprint density at radius 1 is 0.796 bits per heavy atom. The molecule has 0 spiro atoms. The molecule has 308 valence electrons. The molecular weight excluding hydrogens is 700 g/mol. The van der Waals surface area contributed by atoms with Crippen molar-refractivity contribution in [3.63, 3.8) is 0 Å². The lowest BCUT2D eigenvalue weighted by Crippen LogP contribution is -2.67. The van der Waals surface area contributed by atoms with Gasteiger partial charge in [-0.3, -0.25) is 0 Å². The van der Waals surface area contributed by atoms with Gasteiger partial charge < -0.3 is 59.8 Å². The average molecular weight is 767 g/mol. The molecule has 6 fully saturated rings. The lowest BCUT2D eigenvalue weighted by Gasteiger charge is -2.72. The standard InChI is InChI=1S/C41H66O13/c1-36(2)16-21-20-8-9-24-38(4)12-11-26(39(5,19-42)23(38)10-13-41(24,7)40(20,6)15-14-37(21,3)25(44)17-36)52-35-32(29(47)28(46)31(53-35)33(49)50)54-34-30(48)27(45)22(43)18-51-34/h8,21-32,34-35,42-48H,9-19H2,1-7H3,(H,49,50)/t21?,22-,23?,24?,25-,26+,27+,28+,29+,30-,31+,32-,34?,35?,37-,38+,39-,40-,41-/m1/s1. The molecule has 0 aromatic rings. The molecule has 8 N–H and O–H groups in total. The lowest BCUT2D eigenvalue weighted by atomic mass is 9.33. The SMILES string of the molecule is CC1(C)CC2C3=CCC4[C@@]5(C)CC[C@H](OC6O[C@H](C(=O)O)[C@@H](O)[C@H](O)[C@H]6OC6OC[C@@H](O)[C@H](O)[C@H]6O)[C@](C)(CO)C5CC[C@@]4(C)[C@]3(C)CC[C@@]2(C)[C@H](O)C1. The minimum atomic E-state index is -1.91. The fourth-order valence-electron chi connectivity index (χ4n) is 13.4. The van der Waals surface area contributed by atoms with Gasteiger partial charge in [0.1, 0.15) is 36.6 Å². The summed E-state index contributed by atoms with van der Waals surface area (Å²) < 4.78 is 23.7. The molecule has 7 rings (SSSR count). The summed E-state index contributed by atoms with van der Waals surface area (Å²) in [6, 6.07) is 0. The quantitative estimate of drug-likeness (QED) is 0.144. The van der Waals surface area contributed by atoms with Gasteiger partial charge in [0.25, 0.3) is 0 Å². The van der Waals surface area contributed by atoms with Crippen molar-refractivity contribution in [1.29, 1.82) is 0 Å². The number of hydrogen-bond acceptors (Lipinski definition) is 12. The molecule has 54 heavy (non-hydrogen) atoms. The van der Waals surface area contributed by atoms with E-state index >= 15 is 0 Å². The second-order valence-corrected chi connectivity index (χ2v) is 20.4. The third-order valence-electron chi connectivity index (χ3n) is 17.0. The average Bonchev–Trinajstić information content (AvgIpc) is 3.10. The first-order valence-electron chi connectivity index (χ1n) is 20.3. The van der Waals surface area contributed by atoms with E-state index in [2.05, 4.69) is 47.6 Å². The molecule has 0 bridgehead atoms. The van der Waals surface area contributed by atoms with Crippen molar-refractivity contribution in [2.45, 2.75) is 174 Å². The zero-order chi connectivity index (χ0) is 39.6. The molecule has 0 amide bonds. The smallest absolute Gasteiger partial charge is 0.335 e. The van der Waals surface area contributed by atoms with Gasteiger partial charge in [-0.05, 0) is 97.2 Å². The van der Waals surface area contributed by atoms with Crippen molar-refractivity contribution in [3.05, 3.63) is 11.6 Å². The van der Waals surface area contributed by atoms with E-state index in [0.717, 1.165) is 51.4 Å². The number of ether oxygens (including phenoxy) is 4. The minimum Gasteiger partial charge on any atom is -0.479 e. The van der Waals surface area contributed by atoms with Crippen LogP contribution in [0.4, 0.5) is 0 Å². The van der Waals surface area contributed by atoms with Gasteiger partial charge in [-0.25, -0.2) is 4.79 Å². The van der Waals surface area contributed by atoms with E-state index < -0.39 is 72.8 Å². The van der Waals surface area contributed by atoms with Crippen LogP contribution in [0, 0.1) is 50.2 Å². The Kier molecular flexibility index (Phi) is 10.4. The summed E-state index contributed by atoms with van der Waals surface area (Å²) in [5.41, 5.74) is 0.419. The van der Waals surface area contributed by atoms with Crippen LogP contribution >= 0.6 is 0 Å². The Morgan fingerprint density at radius 2 is 1.50 bits per heavy atom. The van der Waals surface area contributed by atoms with Crippen LogP contribution in [0.3, 0.4) is 0 Å². The summed E-state index contributed by atoms with van der Waals surface area (Å²) in [7, 11) is 0. The van der Waals surface area contributed by atoms with Crippen LogP contribution in [0.1, 0.15) is 106 Å². The number of carbonyl (C=O) groups is 1. The van der Waals surface area contributed by atoms with E-state index in [1.165, 1.54) is 5.57 Å². The first-order valence-corrected chi connectivity index (χ1v) is 20.3. The van der Waals surface area contributed by atoms with Crippen LogP contribution in [0.2, 0.25) is 0 Å². The number of rotatable bonds is 6. The number of aliphatic carboxylic acids is 1. The van der Waals surface area contributed by atoms with Crippen LogP contribution in [0.5, 0.6) is 0 Å². The zero-order valence-corrected chi connectivity index (χ0v) is 33.1. The highest BCUT2D eigenvalue weighted by atomic mass is 16.8. The molecular formula is C41H66O13. The van der Waals surface area contributed by atoms with Gasteiger partial charge in [-0.15, -0.1) is 0 Å². The van der Waals surface area contributed by atoms with Crippen molar-refractivity contribution >= 4 is 5.97 Å². The van der Waals surface area contributed by atoms with E-state index in [1.54, 1.807) is 0 Å². The molecule has 2 saturated heterocycles. The van der Waals surface area contributed by atoms with Gasteiger partial charge in [0.15, 0.2) is 18.7 Å². The van der Waals surface area contributed by atoms with E-state index in [9.17, 15) is 45.6 Å². The van der Waals surface area contributed by atoms with Crippen LogP contribution in [-0.4, -0.2) is 128 Å². The summed E-state index contributed by atoms with van der Waals surface area (Å²) in [4.78, 5) is 12.1. The number of allylic oxidation sites excluding steroid dienone is 2. The molecule has 0 aromatic heterocycles. The van der Waals surface area contributed by atoms with E-state index in [1.807, 2.05) is 6.92 Å². The van der Waals surface area contributed by atoms with Crippen LogP contribution in [-0.2, 0) is 23.7 Å². The van der Waals surface area contributed by atoms with Gasteiger partial charge >= 0.3 is 5.97 Å². The number of aliphatic hydroxyl groups excluding tert-OH is 7. The number of hydrogen-bond donors (Lipinski definition) is 8. The predicted octanol–water partition coefficient (Wildman–Crippen LogP) is 2.49. The van der Waals surface area contributed by atoms with E-state index in [4.69, 9.17) is 18.9 Å². The molecule has 13 nitrogen and oxygen atoms in total. The Balaban J connectivity index is 1.17. The molecule has 2 heterocycles. The molecule has 0 radical (unpaired) electrons. The van der Waals surface area contributed by atoms with Gasteiger partial charge in [-0.2, -0.15) is 0 Å². The minimum absolute atomic E-state index is 0.0143. The van der Waals surface area contributed by atoms with E-state index in [-0.39, 0.29) is 52.3 Å².